The van der Waals surface area contributed by atoms with Crippen molar-refractivity contribution in [1.29, 1.82) is 0 Å². The topological polar surface area (TPSA) is 23.6 Å². The van der Waals surface area contributed by atoms with Crippen molar-refractivity contribution in [3.63, 3.8) is 0 Å². The third-order valence-corrected chi connectivity index (χ3v) is 3.83. The van der Waals surface area contributed by atoms with Crippen molar-refractivity contribution in [2.75, 3.05) is 27.2 Å². The van der Waals surface area contributed by atoms with Gasteiger partial charge in [-0.1, -0.05) is 11.6 Å². The van der Waals surface area contributed by atoms with Gasteiger partial charge < -0.3 is 9.80 Å². The second kappa shape index (κ2) is 5.72. The highest BCUT2D eigenvalue weighted by atomic mass is 35.5. The Labute approximate surface area is 113 Å². The van der Waals surface area contributed by atoms with Crippen molar-refractivity contribution in [2.45, 2.75) is 18.9 Å². The molecule has 18 heavy (non-hydrogen) atoms. The summed E-state index contributed by atoms with van der Waals surface area (Å²) in [5.74, 6) is 0.115. The predicted octanol–water partition coefficient (Wildman–Crippen LogP) is 2.51. The average Bonchev–Trinajstić information content (AvgIpc) is 2.39. The minimum Gasteiger partial charge on any atom is -0.339 e. The molecule has 2 rings (SSSR count). The van der Waals surface area contributed by atoms with Gasteiger partial charge in [-0.05, 0) is 51.2 Å². The standard InChI is InChI=1S/C14H19ClN2O/c1-16(2)13-7-9-17(10-8-13)14(18)11-3-5-12(15)6-4-11/h3-6,13H,7-10H2,1-2H3. The summed E-state index contributed by atoms with van der Waals surface area (Å²) in [6.45, 7) is 1.68. The van der Waals surface area contributed by atoms with Crippen LogP contribution in [0.3, 0.4) is 0 Å². The molecule has 3 nitrogen and oxygen atoms in total. The van der Waals surface area contributed by atoms with Crippen LogP contribution in [-0.4, -0.2) is 48.9 Å². The van der Waals surface area contributed by atoms with Crippen LogP contribution < -0.4 is 0 Å². The number of benzene rings is 1. The molecule has 1 amide bonds. The van der Waals surface area contributed by atoms with E-state index in [1.807, 2.05) is 4.90 Å². The van der Waals surface area contributed by atoms with E-state index >= 15 is 0 Å². The number of carbonyl (C=O) groups excluding carboxylic acids is 1. The average molecular weight is 267 g/mol. The number of halogens is 1. The summed E-state index contributed by atoms with van der Waals surface area (Å²) in [5, 5.41) is 0.665. The maximum absolute atomic E-state index is 12.3. The largest absolute Gasteiger partial charge is 0.339 e. The van der Waals surface area contributed by atoms with Crippen molar-refractivity contribution in [1.82, 2.24) is 9.80 Å². The number of piperidine rings is 1. The van der Waals surface area contributed by atoms with Crippen LogP contribution in [-0.2, 0) is 0 Å². The molecule has 98 valence electrons. The molecule has 1 aromatic carbocycles. The summed E-state index contributed by atoms with van der Waals surface area (Å²) in [4.78, 5) is 16.4. The second-order valence-corrected chi connectivity index (χ2v) is 5.43. The Morgan fingerprint density at radius 1 is 1.22 bits per heavy atom. The summed E-state index contributed by atoms with van der Waals surface area (Å²) >= 11 is 5.83. The fraction of sp³-hybridized carbons (Fsp3) is 0.500. The Bertz CT molecular complexity index is 408. The lowest BCUT2D eigenvalue weighted by Gasteiger charge is -2.35. The van der Waals surface area contributed by atoms with E-state index in [4.69, 9.17) is 11.6 Å². The third-order valence-electron chi connectivity index (χ3n) is 3.57. The van der Waals surface area contributed by atoms with Gasteiger partial charge in [0, 0.05) is 29.7 Å². The van der Waals surface area contributed by atoms with E-state index in [-0.39, 0.29) is 5.91 Å². The summed E-state index contributed by atoms with van der Waals surface area (Å²) in [6, 6.07) is 7.72. The first-order valence-corrected chi connectivity index (χ1v) is 6.67. The first kappa shape index (κ1) is 13.4. The maximum Gasteiger partial charge on any atom is 0.253 e. The quantitative estimate of drug-likeness (QED) is 0.821. The van der Waals surface area contributed by atoms with Gasteiger partial charge >= 0.3 is 0 Å². The summed E-state index contributed by atoms with van der Waals surface area (Å²) < 4.78 is 0. The fourth-order valence-corrected chi connectivity index (χ4v) is 2.49. The first-order valence-electron chi connectivity index (χ1n) is 6.29. The molecule has 0 saturated carbocycles. The van der Waals surface area contributed by atoms with E-state index in [2.05, 4.69) is 19.0 Å². The molecule has 0 aromatic heterocycles. The van der Waals surface area contributed by atoms with Crippen LogP contribution in [0.1, 0.15) is 23.2 Å². The summed E-state index contributed by atoms with van der Waals surface area (Å²) in [6.07, 6.45) is 2.10. The van der Waals surface area contributed by atoms with Crippen LogP contribution in [0.2, 0.25) is 5.02 Å². The molecule has 1 aromatic rings. The van der Waals surface area contributed by atoms with Crippen molar-refractivity contribution >= 4 is 17.5 Å². The Kier molecular flexibility index (Phi) is 4.25. The minimum atomic E-state index is 0.115. The Morgan fingerprint density at radius 3 is 2.28 bits per heavy atom. The molecule has 1 aliphatic rings. The summed E-state index contributed by atoms with van der Waals surface area (Å²) in [5.41, 5.74) is 0.725. The van der Waals surface area contributed by atoms with Gasteiger partial charge in [0.15, 0.2) is 0 Å². The molecule has 0 atom stereocenters. The zero-order chi connectivity index (χ0) is 13.1. The van der Waals surface area contributed by atoms with Crippen molar-refractivity contribution in [3.8, 4) is 0 Å². The lowest BCUT2D eigenvalue weighted by atomic mass is 10.0. The highest BCUT2D eigenvalue weighted by Crippen LogP contribution is 2.17. The van der Waals surface area contributed by atoms with Crippen molar-refractivity contribution in [3.05, 3.63) is 34.9 Å². The molecule has 0 bridgehead atoms. The van der Waals surface area contributed by atoms with E-state index < -0.39 is 0 Å². The first-order chi connectivity index (χ1) is 8.58. The van der Waals surface area contributed by atoms with Crippen LogP contribution >= 0.6 is 11.6 Å². The number of carbonyl (C=O) groups is 1. The van der Waals surface area contributed by atoms with Gasteiger partial charge in [-0.15, -0.1) is 0 Å². The number of rotatable bonds is 2. The van der Waals surface area contributed by atoms with Gasteiger partial charge in [-0.25, -0.2) is 0 Å². The smallest absolute Gasteiger partial charge is 0.253 e. The Morgan fingerprint density at radius 2 is 1.78 bits per heavy atom. The molecule has 0 N–H and O–H groups in total. The molecule has 4 heteroatoms. The lowest BCUT2D eigenvalue weighted by Crippen LogP contribution is -2.44. The second-order valence-electron chi connectivity index (χ2n) is 4.99. The molecule has 1 heterocycles. The van der Waals surface area contributed by atoms with E-state index in [1.54, 1.807) is 24.3 Å². The molecule has 0 unspecified atom stereocenters. The van der Waals surface area contributed by atoms with Crippen molar-refractivity contribution in [2.24, 2.45) is 0 Å². The molecular formula is C14H19ClN2O. The van der Waals surface area contributed by atoms with Crippen LogP contribution in [0, 0.1) is 0 Å². The van der Waals surface area contributed by atoms with Gasteiger partial charge in [0.1, 0.15) is 0 Å². The molecule has 0 aliphatic carbocycles. The predicted molar refractivity (Wildman–Crippen MR) is 74.1 cm³/mol. The van der Waals surface area contributed by atoms with Gasteiger partial charge in [0.25, 0.3) is 5.91 Å². The molecule has 1 fully saturated rings. The van der Waals surface area contributed by atoms with Gasteiger partial charge in [0.05, 0.1) is 0 Å². The van der Waals surface area contributed by atoms with Crippen LogP contribution in [0.25, 0.3) is 0 Å². The minimum absolute atomic E-state index is 0.115. The molecule has 0 radical (unpaired) electrons. The summed E-state index contributed by atoms with van der Waals surface area (Å²) in [7, 11) is 4.20. The number of hydrogen-bond donors (Lipinski definition) is 0. The number of nitrogens with zero attached hydrogens (tertiary/aromatic N) is 2. The van der Waals surface area contributed by atoms with E-state index in [0.717, 1.165) is 31.5 Å². The highest BCUT2D eigenvalue weighted by Gasteiger charge is 2.24. The highest BCUT2D eigenvalue weighted by molar-refractivity contribution is 6.30. The van der Waals surface area contributed by atoms with E-state index in [9.17, 15) is 4.79 Å². The molecule has 1 aliphatic heterocycles. The zero-order valence-corrected chi connectivity index (χ0v) is 11.7. The SMILES string of the molecule is CN(C)C1CCN(C(=O)c2ccc(Cl)cc2)CC1. The van der Waals surface area contributed by atoms with E-state index in [1.165, 1.54) is 0 Å². The third kappa shape index (κ3) is 3.03. The van der Waals surface area contributed by atoms with Crippen LogP contribution in [0.15, 0.2) is 24.3 Å². The maximum atomic E-state index is 12.3. The van der Waals surface area contributed by atoms with E-state index in [0.29, 0.717) is 11.1 Å². The normalized spacial score (nSPS) is 17.2. The van der Waals surface area contributed by atoms with Crippen LogP contribution in [0.4, 0.5) is 0 Å². The van der Waals surface area contributed by atoms with Gasteiger partial charge in [-0.3, -0.25) is 4.79 Å². The van der Waals surface area contributed by atoms with Gasteiger partial charge in [-0.2, -0.15) is 0 Å². The Hall–Kier alpha value is -1.06. The Balaban J connectivity index is 1.97. The zero-order valence-electron chi connectivity index (χ0n) is 10.9. The fourth-order valence-electron chi connectivity index (χ4n) is 2.36. The number of amides is 1. The van der Waals surface area contributed by atoms with Crippen molar-refractivity contribution < 1.29 is 4.79 Å². The van der Waals surface area contributed by atoms with Gasteiger partial charge in [0.2, 0.25) is 0 Å². The molecule has 0 spiro atoms. The lowest BCUT2D eigenvalue weighted by molar-refractivity contribution is 0.0663. The molecule has 1 saturated heterocycles. The number of hydrogen-bond acceptors (Lipinski definition) is 2. The number of likely N-dealkylation sites (tertiary alicyclic amines) is 1. The monoisotopic (exact) mass is 266 g/mol. The van der Waals surface area contributed by atoms with Crippen LogP contribution in [0.5, 0.6) is 0 Å². The molecular weight excluding hydrogens is 248 g/mol.